The fourth-order valence-corrected chi connectivity index (χ4v) is 1.59. The van der Waals surface area contributed by atoms with Crippen LogP contribution in [-0.4, -0.2) is 35.0 Å². The van der Waals surface area contributed by atoms with Crippen LogP contribution in [0.4, 0.5) is 0 Å². The number of nitrogens with one attached hydrogen (secondary N) is 1. The Labute approximate surface area is 88.4 Å². The molecule has 0 aromatic carbocycles. The summed E-state index contributed by atoms with van der Waals surface area (Å²) in [5.41, 5.74) is 0. The van der Waals surface area contributed by atoms with E-state index < -0.39 is 12.0 Å². The topological polar surface area (TPSA) is 66.4 Å². The average molecular weight is 219 g/mol. The Morgan fingerprint density at radius 3 is 2.50 bits per heavy atom. The van der Waals surface area contributed by atoms with E-state index in [1.165, 1.54) is 6.92 Å². The van der Waals surface area contributed by atoms with Gasteiger partial charge in [0.05, 0.1) is 0 Å². The van der Waals surface area contributed by atoms with Crippen LogP contribution in [0.2, 0.25) is 0 Å². The van der Waals surface area contributed by atoms with Gasteiger partial charge in [0.25, 0.3) is 0 Å². The first-order valence-electron chi connectivity index (χ1n) is 4.56. The molecule has 82 valence electrons. The van der Waals surface area contributed by atoms with E-state index in [1.54, 1.807) is 11.8 Å². The van der Waals surface area contributed by atoms with Gasteiger partial charge in [-0.05, 0) is 31.3 Å². The van der Waals surface area contributed by atoms with Gasteiger partial charge in [0.2, 0.25) is 5.91 Å². The van der Waals surface area contributed by atoms with Gasteiger partial charge in [0, 0.05) is 6.92 Å². The first-order valence-corrected chi connectivity index (χ1v) is 5.96. The maximum absolute atomic E-state index is 10.7. The summed E-state index contributed by atoms with van der Waals surface area (Å²) in [6.45, 7) is 1.33. The monoisotopic (exact) mass is 219 g/mol. The van der Waals surface area contributed by atoms with Crippen molar-refractivity contribution in [2.75, 3.05) is 12.0 Å². The lowest BCUT2D eigenvalue weighted by molar-refractivity contribution is -0.141. The van der Waals surface area contributed by atoms with Crippen molar-refractivity contribution >= 4 is 23.6 Å². The Kier molecular flexibility index (Phi) is 7.28. The Morgan fingerprint density at radius 1 is 1.43 bits per heavy atom. The van der Waals surface area contributed by atoms with Crippen LogP contribution in [0.3, 0.4) is 0 Å². The van der Waals surface area contributed by atoms with Crippen molar-refractivity contribution in [3.05, 3.63) is 0 Å². The van der Waals surface area contributed by atoms with E-state index in [0.717, 1.165) is 18.6 Å². The summed E-state index contributed by atoms with van der Waals surface area (Å²) in [5, 5.41) is 11.2. The van der Waals surface area contributed by atoms with Crippen LogP contribution in [-0.2, 0) is 9.59 Å². The second-order valence-corrected chi connectivity index (χ2v) is 4.07. The summed E-state index contributed by atoms with van der Waals surface area (Å²) < 4.78 is 0. The highest BCUT2D eigenvalue weighted by atomic mass is 32.2. The molecule has 2 N–H and O–H groups in total. The number of hydrogen-bond donors (Lipinski definition) is 2. The number of carbonyl (C=O) groups is 2. The first kappa shape index (κ1) is 13.3. The van der Waals surface area contributed by atoms with Gasteiger partial charge in [-0.15, -0.1) is 0 Å². The Morgan fingerprint density at radius 2 is 2.07 bits per heavy atom. The predicted octanol–water partition coefficient (Wildman–Crippen LogP) is 1.11. The highest BCUT2D eigenvalue weighted by Gasteiger charge is 2.16. The fourth-order valence-electron chi connectivity index (χ4n) is 1.10. The molecule has 0 aromatic heterocycles. The van der Waals surface area contributed by atoms with Crippen molar-refractivity contribution in [1.82, 2.24) is 5.32 Å². The highest BCUT2D eigenvalue weighted by Crippen LogP contribution is 2.05. The molecule has 0 radical (unpaired) electrons. The third-order valence-electron chi connectivity index (χ3n) is 1.77. The summed E-state index contributed by atoms with van der Waals surface area (Å²) in [7, 11) is 0. The van der Waals surface area contributed by atoms with Crippen molar-refractivity contribution in [3.8, 4) is 0 Å². The summed E-state index contributed by atoms with van der Waals surface area (Å²) in [4.78, 5) is 21.3. The second kappa shape index (κ2) is 7.67. The van der Waals surface area contributed by atoms with Crippen LogP contribution in [0.1, 0.15) is 26.2 Å². The van der Waals surface area contributed by atoms with Crippen molar-refractivity contribution < 1.29 is 14.7 Å². The van der Waals surface area contributed by atoms with Gasteiger partial charge in [0.15, 0.2) is 0 Å². The number of unbranched alkanes of at least 4 members (excludes halogenated alkanes) is 1. The van der Waals surface area contributed by atoms with Gasteiger partial charge in [-0.2, -0.15) is 11.8 Å². The third kappa shape index (κ3) is 6.77. The van der Waals surface area contributed by atoms with Crippen molar-refractivity contribution in [2.45, 2.75) is 32.2 Å². The number of carbonyl (C=O) groups excluding carboxylic acids is 1. The highest BCUT2D eigenvalue weighted by molar-refractivity contribution is 7.98. The molecule has 14 heavy (non-hydrogen) atoms. The van der Waals surface area contributed by atoms with Crippen LogP contribution in [0, 0.1) is 0 Å². The molecule has 1 amide bonds. The van der Waals surface area contributed by atoms with Crippen molar-refractivity contribution in [1.29, 1.82) is 0 Å². The number of amides is 1. The van der Waals surface area contributed by atoms with E-state index in [9.17, 15) is 9.59 Å². The lowest BCUT2D eigenvalue weighted by Gasteiger charge is -2.12. The molecule has 0 aliphatic rings. The Balaban J connectivity index is 3.74. The molecule has 0 spiro atoms. The summed E-state index contributed by atoms with van der Waals surface area (Å²) >= 11 is 1.74. The van der Waals surface area contributed by atoms with E-state index in [0.29, 0.717) is 6.42 Å². The van der Waals surface area contributed by atoms with Gasteiger partial charge < -0.3 is 10.4 Å². The van der Waals surface area contributed by atoms with Gasteiger partial charge >= 0.3 is 5.97 Å². The first-order chi connectivity index (χ1) is 6.57. The molecular formula is C9H17NO3S. The molecule has 0 aromatic rings. The predicted molar refractivity (Wildman–Crippen MR) is 57.5 cm³/mol. The average Bonchev–Trinajstić information content (AvgIpc) is 2.09. The molecule has 0 rings (SSSR count). The molecular weight excluding hydrogens is 202 g/mol. The molecule has 0 saturated heterocycles. The van der Waals surface area contributed by atoms with Crippen molar-refractivity contribution in [3.63, 3.8) is 0 Å². The quantitative estimate of drug-likeness (QED) is 0.629. The minimum Gasteiger partial charge on any atom is -0.480 e. The van der Waals surface area contributed by atoms with Crippen LogP contribution < -0.4 is 5.32 Å². The lowest BCUT2D eigenvalue weighted by atomic mass is 10.1. The maximum Gasteiger partial charge on any atom is 0.326 e. The van der Waals surface area contributed by atoms with E-state index in [-0.39, 0.29) is 5.91 Å². The van der Waals surface area contributed by atoms with Crippen molar-refractivity contribution in [2.24, 2.45) is 0 Å². The maximum atomic E-state index is 10.7. The summed E-state index contributed by atoms with van der Waals surface area (Å²) in [6.07, 6.45) is 4.35. The Hall–Kier alpha value is -0.710. The smallest absolute Gasteiger partial charge is 0.326 e. The molecule has 0 saturated carbocycles. The molecule has 4 nitrogen and oxygen atoms in total. The number of rotatable bonds is 7. The fraction of sp³-hybridized carbons (Fsp3) is 0.778. The molecule has 0 fully saturated rings. The zero-order chi connectivity index (χ0) is 11.0. The SMILES string of the molecule is CSCCCCC(NC(C)=O)C(=O)O. The van der Waals surface area contributed by atoms with Crippen LogP contribution in [0.5, 0.6) is 0 Å². The summed E-state index contributed by atoms with van der Waals surface area (Å²) in [5.74, 6) is -0.210. The molecule has 0 aliphatic heterocycles. The lowest BCUT2D eigenvalue weighted by Crippen LogP contribution is -2.39. The van der Waals surface area contributed by atoms with Crippen LogP contribution in [0.25, 0.3) is 0 Å². The van der Waals surface area contributed by atoms with Crippen LogP contribution >= 0.6 is 11.8 Å². The largest absolute Gasteiger partial charge is 0.480 e. The van der Waals surface area contributed by atoms with Gasteiger partial charge in [0.1, 0.15) is 6.04 Å². The second-order valence-electron chi connectivity index (χ2n) is 3.08. The van der Waals surface area contributed by atoms with Crippen LogP contribution in [0.15, 0.2) is 0 Å². The normalized spacial score (nSPS) is 12.1. The Bertz CT molecular complexity index is 196. The minimum atomic E-state index is -0.954. The number of carboxylic acid groups (broad SMARTS) is 1. The number of aliphatic carboxylic acids is 1. The van der Waals surface area contributed by atoms with E-state index in [2.05, 4.69) is 5.32 Å². The molecule has 1 unspecified atom stereocenters. The standard InChI is InChI=1S/C9H17NO3S/c1-7(11)10-8(9(12)13)5-3-4-6-14-2/h8H,3-6H2,1-2H3,(H,10,11)(H,12,13). The van der Waals surface area contributed by atoms with Gasteiger partial charge in [-0.3, -0.25) is 4.79 Å². The molecule has 5 heteroatoms. The molecule has 0 aliphatic carbocycles. The number of hydrogen-bond acceptors (Lipinski definition) is 3. The zero-order valence-corrected chi connectivity index (χ0v) is 9.39. The minimum absolute atomic E-state index is 0.290. The summed E-state index contributed by atoms with van der Waals surface area (Å²) in [6, 6.07) is -0.727. The van der Waals surface area contributed by atoms with Gasteiger partial charge in [-0.1, -0.05) is 0 Å². The molecule has 0 bridgehead atoms. The molecule has 0 heterocycles. The van der Waals surface area contributed by atoms with Gasteiger partial charge in [-0.25, -0.2) is 4.79 Å². The number of thioether (sulfide) groups is 1. The molecule has 1 atom stereocenters. The van der Waals surface area contributed by atoms with E-state index >= 15 is 0 Å². The number of carboxylic acids is 1. The third-order valence-corrected chi connectivity index (χ3v) is 2.46. The van der Waals surface area contributed by atoms with E-state index in [1.807, 2.05) is 6.26 Å². The zero-order valence-electron chi connectivity index (χ0n) is 8.58. The van der Waals surface area contributed by atoms with E-state index in [4.69, 9.17) is 5.11 Å².